The summed E-state index contributed by atoms with van der Waals surface area (Å²) in [5.74, 6) is -2.67. The molecule has 0 spiro atoms. The van der Waals surface area contributed by atoms with E-state index in [-0.39, 0.29) is 5.69 Å². The van der Waals surface area contributed by atoms with Gasteiger partial charge in [-0.3, -0.25) is 0 Å². The van der Waals surface area contributed by atoms with E-state index in [0.717, 1.165) is 24.8 Å². The molecule has 0 radical (unpaired) electrons. The van der Waals surface area contributed by atoms with Gasteiger partial charge in [0.2, 0.25) is 0 Å². The Morgan fingerprint density at radius 1 is 1.25 bits per heavy atom. The van der Waals surface area contributed by atoms with Crippen LogP contribution in [0.15, 0.2) is 12.1 Å². The monoisotopic (exact) mass is 283 g/mol. The van der Waals surface area contributed by atoms with Gasteiger partial charge in [0.25, 0.3) is 0 Å². The van der Waals surface area contributed by atoms with Crippen molar-refractivity contribution in [1.29, 1.82) is 0 Å². The van der Waals surface area contributed by atoms with Crippen LogP contribution in [0.1, 0.15) is 43.0 Å². The predicted molar refractivity (Wildman–Crippen MR) is 72.9 cm³/mol. The lowest BCUT2D eigenvalue weighted by Gasteiger charge is -2.26. The summed E-state index contributed by atoms with van der Waals surface area (Å²) in [4.78, 5) is 10.7. The number of benzene rings is 1. The number of carboxylic acids is 1. The molecule has 0 unspecified atom stereocenters. The molecule has 1 fully saturated rings. The molecule has 1 aromatic carbocycles. The number of carbonyl (C=O) groups is 1. The van der Waals surface area contributed by atoms with Crippen molar-refractivity contribution in [2.75, 3.05) is 11.9 Å². The van der Waals surface area contributed by atoms with Crippen LogP contribution in [-0.4, -0.2) is 17.6 Å². The van der Waals surface area contributed by atoms with Crippen molar-refractivity contribution in [3.05, 3.63) is 29.3 Å². The van der Waals surface area contributed by atoms with E-state index < -0.39 is 23.2 Å². The van der Waals surface area contributed by atoms with Crippen molar-refractivity contribution in [2.24, 2.45) is 11.8 Å². The number of hydrogen-bond acceptors (Lipinski definition) is 2. The molecule has 1 aromatic rings. The number of aromatic carboxylic acids is 1. The van der Waals surface area contributed by atoms with Gasteiger partial charge in [0.05, 0.1) is 11.3 Å². The van der Waals surface area contributed by atoms with Crippen LogP contribution >= 0.6 is 0 Å². The number of halogens is 2. The summed E-state index contributed by atoms with van der Waals surface area (Å²) in [6.07, 6.45) is 4.51. The first-order valence-electron chi connectivity index (χ1n) is 6.94. The van der Waals surface area contributed by atoms with Crippen molar-refractivity contribution < 1.29 is 18.7 Å². The van der Waals surface area contributed by atoms with Gasteiger partial charge >= 0.3 is 5.97 Å². The molecule has 0 heterocycles. The third-order valence-corrected chi connectivity index (χ3v) is 4.03. The summed E-state index contributed by atoms with van der Waals surface area (Å²) in [6, 6.07) is 2.37. The molecule has 0 saturated heterocycles. The van der Waals surface area contributed by atoms with Crippen molar-refractivity contribution in [1.82, 2.24) is 0 Å². The van der Waals surface area contributed by atoms with Crippen molar-refractivity contribution in [3.8, 4) is 0 Å². The summed E-state index contributed by atoms with van der Waals surface area (Å²) in [5, 5.41) is 11.6. The maximum Gasteiger partial charge on any atom is 0.338 e. The summed E-state index contributed by atoms with van der Waals surface area (Å²) >= 11 is 0. The Balaban J connectivity index is 2.00. The van der Waals surface area contributed by atoms with Crippen LogP contribution in [0, 0.1) is 23.5 Å². The minimum Gasteiger partial charge on any atom is -0.478 e. The highest BCUT2D eigenvalue weighted by atomic mass is 19.2. The highest BCUT2D eigenvalue weighted by molar-refractivity contribution is 5.88. The summed E-state index contributed by atoms with van der Waals surface area (Å²) in [7, 11) is 0. The van der Waals surface area contributed by atoms with Gasteiger partial charge < -0.3 is 10.4 Å². The standard InChI is InChI=1S/C15H19F2NO2/c1-9-2-4-10(5-3-9)8-18-12-7-6-11(15(19)20)13(16)14(12)17/h6-7,9-10,18H,2-5,8H2,1H3,(H,19,20). The maximum absolute atomic E-state index is 13.7. The summed E-state index contributed by atoms with van der Waals surface area (Å²) in [5.41, 5.74) is -0.606. The number of rotatable bonds is 4. The molecule has 3 nitrogen and oxygen atoms in total. The van der Waals surface area contributed by atoms with Crippen LogP contribution in [0.4, 0.5) is 14.5 Å². The fourth-order valence-corrected chi connectivity index (χ4v) is 2.64. The van der Waals surface area contributed by atoms with Crippen LogP contribution < -0.4 is 5.32 Å². The zero-order valence-electron chi connectivity index (χ0n) is 11.5. The first-order chi connectivity index (χ1) is 9.49. The third kappa shape index (κ3) is 3.26. The highest BCUT2D eigenvalue weighted by Crippen LogP contribution is 2.29. The SMILES string of the molecule is CC1CCC(CNc2ccc(C(=O)O)c(F)c2F)CC1. The van der Waals surface area contributed by atoms with E-state index in [1.54, 1.807) is 0 Å². The van der Waals surface area contributed by atoms with Gasteiger partial charge in [0.1, 0.15) is 0 Å². The van der Waals surface area contributed by atoms with E-state index in [4.69, 9.17) is 5.11 Å². The average molecular weight is 283 g/mol. The third-order valence-electron chi connectivity index (χ3n) is 4.03. The minimum atomic E-state index is -1.46. The van der Waals surface area contributed by atoms with Gasteiger partial charge in [0, 0.05) is 6.54 Å². The Labute approximate surface area is 117 Å². The lowest BCUT2D eigenvalue weighted by molar-refractivity contribution is 0.0690. The Kier molecular flexibility index (Phi) is 4.57. The van der Waals surface area contributed by atoms with Crippen LogP contribution in [0.5, 0.6) is 0 Å². The molecule has 5 heteroatoms. The normalized spacial score (nSPS) is 22.6. The molecule has 2 rings (SSSR count). The molecule has 0 bridgehead atoms. The number of anilines is 1. The summed E-state index contributed by atoms with van der Waals surface area (Å²) in [6.45, 7) is 2.82. The second-order valence-corrected chi connectivity index (χ2v) is 5.60. The highest BCUT2D eigenvalue weighted by Gasteiger charge is 2.20. The molecule has 0 aromatic heterocycles. The van der Waals surface area contributed by atoms with E-state index >= 15 is 0 Å². The smallest absolute Gasteiger partial charge is 0.338 e. The Bertz CT molecular complexity index is 497. The molecule has 0 atom stereocenters. The van der Waals surface area contributed by atoms with Crippen molar-refractivity contribution >= 4 is 11.7 Å². The minimum absolute atomic E-state index is 0.0334. The van der Waals surface area contributed by atoms with Crippen LogP contribution in [-0.2, 0) is 0 Å². The van der Waals surface area contributed by atoms with E-state index in [0.29, 0.717) is 12.5 Å². The zero-order valence-corrected chi connectivity index (χ0v) is 11.5. The number of nitrogens with one attached hydrogen (secondary N) is 1. The van der Waals surface area contributed by atoms with Crippen LogP contribution in [0.25, 0.3) is 0 Å². The molecular weight excluding hydrogens is 264 g/mol. The van der Waals surface area contributed by atoms with Crippen molar-refractivity contribution in [2.45, 2.75) is 32.6 Å². The quantitative estimate of drug-likeness (QED) is 0.881. The lowest BCUT2D eigenvalue weighted by Crippen LogP contribution is -2.20. The van der Waals surface area contributed by atoms with Gasteiger partial charge in [0.15, 0.2) is 11.6 Å². The first kappa shape index (κ1) is 14.8. The van der Waals surface area contributed by atoms with Gasteiger partial charge in [-0.15, -0.1) is 0 Å². The maximum atomic E-state index is 13.7. The van der Waals surface area contributed by atoms with Crippen LogP contribution in [0.2, 0.25) is 0 Å². The Morgan fingerprint density at radius 2 is 1.90 bits per heavy atom. The summed E-state index contributed by atoms with van der Waals surface area (Å²) < 4.78 is 27.3. The van der Waals surface area contributed by atoms with E-state index in [1.807, 2.05) is 0 Å². The molecule has 0 amide bonds. The van der Waals surface area contributed by atoms with Gasteiger partial charge in [-0.1, -0.05) is 19.8 Å². The lowest BCUT2D eigenvalue weighted by atomic mass is 9.83. The molecule has 110 valence electrons. The fourth-order valence-electron chi connectivity index (χ4n) is 2.64. The average Bonchev–Trinajstić information content (AvgIpc) is 2.42. The van der Waals surface area contributed by atoms with E-state index in [1.165, 1.54) is 18.9 Å². The van der Waals surface area contributed by atoms with Gasteiger partial charge in [-0.25, -0.2) is 13.6 Å². The first-order valence-corrected chi connectivity index (χ1v) is 6.94. The topological polar surface area (TPSA) is 49.3 Å². The Hall–Kier alpha value is -1.65. The number of carboxylic acid groups (broad SMARTS) is 1. The molecule has 20 heavy (non-hydrogen) atoms. The van der Waals surface area contributed by atoms with Gasteiger partial charge in [-0.2, -0.15) is 0 Å². The largest absolute Gasteiger partial charge is 0.478 e. The number of hydrogen-bond donors (Lipinski definition) is 2. The second kappa shape index (κ2) is 6.20. The van der Waals surface area contributed by atoms with Crippen molar-refractivity contribution in [3.63, 3.8) is 0 Å². The second-order valence-electron chi connectivity index (χ2n) is 5.60. The molecule has 1 aliphatic rings. The molecule has 2 N–H and O–H groups in total. The molecule has 0 aliphatic heterocycles. The Morgan fingerprint density at radius 3 is 2.50 bits per heavy atom. The van der Waals surface area contributed by atoms with E-state index in [9.17, 15) is 13.6 Å². The fraction of sp³-hybridized carbons (Fsp3) is 0.533. The molecular formula is C15H19F2NO2. The van der Waals surface area contributed by atoms with Crippen LogP contribution in [0.3, 0.4) is 0 Å². The zero-order chi connectivity index (χ0) is 14.7. The van der Waals surface area contributed by atoms with E-state index in [2.05, 4.69) is 12.2 Å². The van der Waals surface area contributed by atoms with Gasteiger partial charge in [-0.05, 0) is 36.8 Å². The molecule has 1 saturated carbocycles. The molecule has 1 aliphatic carbocycles. The predicted octanol–water partition coefficient (Wildman–Crippen LogP) is 3.90.